The van der Waals surface area contributed by atoms with Gasteiger partial charge in [0.15, 0.2) is 0 Å². The minimum absolute atomic E-state index is 0.0428. The minimum Gasteiger partial charge on any atom is -0.437 e. The molecule has 0 fully saturated rings. The van der Waals surface area contributed by atoms with Crippen LogP contribution in [0.15, 0.2) is 30.5 Å². The average Bonchev–Trinajstić information content (AvgIpc) is 2.41. The molecule has 2 aromatic rings. The van der Waals surface area contributed by atoms with Crippen LogP contribution in [0.3, 0.4) is 0 Å². The molecule has 0 saturated carbocycles. The van der Waals surface area contributed by atoms with Crippen LogP contribution in [0.25, 0.3) is 0 Å². The molecular formula is C17H20ClNO2. The molecule has 112 valence electrons. The number of aromatic nitrogens is 1. The maximum absolute atomic E-state index is 9.08. The number of aliphatic hydroxyl groups excluding tert-OH is 1. The van der Waals surface area contributed by atoms with E-state index < -0.39 is 0 Å². The van der Waals surface area contributed by atoms with Gasteiger partial charge in [-0.15, -0.1) is 0 Å². The number of halogens is 1. The summed E-state index contributed by atoms with van der Waals surface area (Å²) in [6.07, 6.45) is 1.56. The lowest BCUT2D eigenvalue weighted by atomic mass is 9.85. The largest absolute Gasteiger partial charge is 0.437 e. The Kier molecular flexibility index (Phi) is 4.55. The van der Waals surface area contributed by atoms with Crippen LogP contribution in [0, 0.1) is 6.92 Å². The fourth-order valence-corrected chi connectivity index (χ4v) is 2.28. The number of pyridine rings is 1. The standard InChI is InChI=1S/C17H20ClNO2/c1-11-5-6-15(13(7-11)17(2,3)4)21-16-14(18)8-12(10-20)9-19-16/h5-9,20H,10H2,1-4H3. The molecular weight excluding hydrogens is 286 g/mol. The first kappa shape index (κ1) is 15.8. The predicted molar refractivity (Wildman–Crippen MR) is 85.1 cm³/mol. The van der Waals surface area contributed by atoms with Crippen molar-refractivity contribution in [3.8, 4) is 11.6 Å². The SMILES string of the molecule is Cc1ccc(Oc2ncc(CO)cc2Cl)c(C(C)(C)C)c1. The summed E-state index contributed by atoms with van der Waals surface area (Å²) in [4.78, 5) is 4.18. The van der Waals surface area contributed by atoms with Gasteiger partial charge in [-0.2, -0.15) is 0 Å². The molecule has 0 atom stereocenters. The summed E-state index contributed by atoms with van der Waals surface area (Å²) in [6.45, 7) is 8.38. The second-order valence-corrected chi connectivity index (χ2v) is 6.55. The van der Waals surface area contributed by atoms with Crippen LogP contribution in [-0.4, -0.2) is 10.1 Å². The first-order valence-corrected chi connectivity index (χ1v) is 7.23. The third-order valence-electron chi connectivity index (χ3n) is 3.20. The van der Waals surface area contributed by atoms with Crippen LogP contribution in [0.1, 0.15) is 37.5 Å². The molecule has 0 saturated heterocycles. The molecule has 2 rings (SSSR count). The zero-order valence-corrected chi connectivity index (χ0v) is 13.5. The zero-order valence-electron chi connectivity index (χ0n) is 12.8. The number of ether oxygens (including phenoxy) is 1. The van der Waals surface area contributed by atoms with Gasteiger partial charge in [0.05, 0.1) is 6.61 Å². The van der Waals surface area contributed by atoms with Crippen molar-refractivity contribution in [1.29, 1.82) is 0 Å². The molecule has 0 bridgehead atoms. The lowest BCUT2D eigenvalue weighted by Crippen LogP contribution is -2.13. The Labute approximate surface area is 130 Å². The van der Waals surface area contributed by atoms with Gasteiger partial charge in [-0.05, 0) is 30.0 Å². The fraction of sp³-hybridized carbons (Fsp3) is 0.353. The molecule has 1 aromatic heterocycles. The van der Waals surface area contributed by atoms with E-state index in [1.165, 1.54) is 5.56 Å². The highest BCUT2D eigenvalue weighted by atomic mass is 35.5. The molecule has 0 aliphatic rings. The Morgan fingerprint density at radius 3 is 2.52 bits per heavy atom. The average molecular weight is 306 g/mol. The van der Waals surface area contributed by atoms with Crippen LogP contribution in [0.2, 0.25) is 5.02 Å². The summed E-state index contributed by atoms with van der Waals surface area (Å²) in [6, 6.07) is 7.72. The van der Waals surface area contributed by atoms with E-state index in [0.717, 1.165) is 11.3 Å². The highest BCUT2D eigenvalue weighted by Gasteiger charge is 2.20. The summed E-state index contributed by atoms with van der Waals surface area (Å²) >= 11 is 6.16. The van der Waals surface area contributed by atoms with Crippen LogP contribution >= 0.6 is 11.6 Å². The van der Waals surface area contributed by atoms with Gasteiger partial charge >= 0.3 is 0 Å². The Morgan fingerprint density at radius 1 is 1.24 bits per heavy atom. The van der Waals surface area contributed by atoms with Gasteiger partial charge in [0.2, 0.25) is 5.88 Å². The normalized spacial score (nSPS) is 11.5. The van der Waals surface area contributed by atoms with Gasteiger partial charge in [0, 0.05) is 11.8 Å². The number of aryl methyl sites for hydroxylation is 1. The van der Waals surface area contributed by atoms with E-state index in [0.29, 0.717) is 16.5 Å². The van der Waals surface area contributed by atoms with Crippen molar-refractivity contribution in [3.05, 3.63) is 52.2 Å². The number of rotatable bonds is 3. The molecule has 0 aliphatic carbocycles. The van der Waals surface area contributed by atoms with Crippen LogP contribution in [0.4, 0.5) is 0 Å². The summed E-state index contributed by atoms with van der Waals surface area (Å²) in [5, 5.41) is 9.48. The van der Waals surface area contributed by atoms with E-state index in [2.05, 4.69) is 38.7 Å². The van der Waals surface area contributed by atoms with Crippen molar-refractivity contribution in [1.82, 2.24) is 4.98 Å². The summed E-state index contributed by atoms with van der Waals surface area (Å²) in [5.41, 5.74) is 2.90. The van der Waals surface area contributed by atoms with Crippen molar-refractivity contribution < 1.29 is 9.84 Å². The molecule has 0 radical (unpaired) electrons. The van der Waals surface area contributed by atoms with Gasteiger partial charge < -0.3 is 9.84 Å². The molecule has 1 heterocycles. The van der Waals surface area contributed by atoms with Gasteiger partial charge in [-0.3, -0.25) is 0 Å². The number of nitrogens with zero attached hydrogens (tertiary/aromatic N) is 1. The van der Waals surface area contributed by atoms with Crippen molar-refractivity contribution in [3.63, 3.8) is 0 Å². The van der Waals surface area contributed by atoms with Gasteiger partial charge in [0.25, 0.3) is 0 Å². The van der Waals surface area contributed by atoms with Gasteiger partial charge in [0.1, 0.15) is 10.8 Å². The lowest BCUT2D eigenvalue weighted by Gasteiger charge is -2.23. The van der Waals surface area contributed by atoms with E-state index in [1.54, 1.807) is 12.3 Å². The monoisotopic (exact) mass is 305 g/mol. The van der Waals surface area contributed by atoms with E-state index >= 15 is 0 Å². The summed E-state index contributed by atoms with van der Waals surface area (Å²) < 4.78 is 5.90. The molecule has 21 heavy (non-hydrogen) atoms. The number of hydrogen-bond acceptors (Lipinski definition) is 3. The van der Waals surface area contributed by atoms with E-state index in [9.17, 15) is 0 Å². The molecule has 0 unspecified atom stereocenters. The Morgan fingerprint density at radius 2 is 1.95 bits per heavy atom. The second-order valence-electron chi connectivity index (χ2n) is 6.14. The molecule has 3 nitrogen and oxygen atoms in total. The second kappa shape index (κ2) is 6.04. The molecule has 1 N–H and O–H groups in total. The molecule has 0 amide bonds. The Hall–Kier alpha value is -1.58. The van der Waals surface area contributed by atoms with Crippen LogP contribution < -0.4 is 4.74 Å². The molecule has 1 aromatic carbocycles. The third kappa shape index (κ3) is 3.74. The fourth-order valence-electron chi connectivity index (χ4n) is 2.05. The van der Waals surface area contributed by atoms with Crippen molar-refractivity contribution in [2.24, 2.45) is 0 Å². The Bertz CT molecular complexity index is 648. The van der Waals surface area contributed by atoms with Crippen molar-refractivity contribution in [2.75, 3.05) is 0 Å². The predicted octanol–water partition coefficient (Wildman–Crippen LogP) is 4.63. The van der Waals surface area contributed by atoms with Crippen molar-refractivity contribution >= 4 is 11.6 Å². The maximum Gasteiger partial charge on any atom is 0.238 e. The first-order chi connectivity index (χ1) is 9.81. The summed E-state index contributed by atoms with van der Waals surface area (Å²) in [5.74, 6) is 1.10. The Balaban J connectivity index is 2.40. The van der Waals surface area contributed by atoms with Gasteiger partial charge in [-0.1, -0.05) is 50.1 Å². The van der Waals surface area contributed by atoms with Crippen LogP contribution in [0.5, 0.6) is 11.6 Å². The third-order valence-corrected chi connectivity index (χ3v) is 3.47. The molecule has 0 aliphatic heterocycles. The van der Waals surface area contributed by atoms with Crippen LogP contribution in [-0.2, 0) is 12.0 Å². The maximum atomic E-state index is 9.08. The highest BCUT2D eigenvalue weighted by molar-refractivity contribution is 6.31. The summed E-state index contributed by atoms with van der Waals surface area (Å²) in [7, 11) is 0. The topological polar surface area (TPSA) is 42.4 Å². The molecule has 0 spiro atoms. The smallest absolute Gasteiger partial charge is 0.238 e. The number of aliphatic hydroxyl groups is 1. The first-order valence-electron chi connectivity index (χ1n) is 6.85. The zero-order chi connectivity index (χ0) is 15.6. The number of benzene rings is 1. The minimum atomic E-state index is -0.0925. The lowest BCUT2D eigenvalue weighted by molar-refractivity contribution is 0.281. The van der Waals surface area contributed by atoms with Crippen molar-refractivity contribution in [2.45, 2.75) is 39.7 Å². The quantitative estimate of drug-likeness (QED) is 0.899. The molecule has 4 heteroatoms. The van der Waals surface area contributed by atoms with Gasteiger partial charge in [-0.25, -0.2) is 4.98 Å². The highest BCUT2D eigenvalue weighted by Crippen LogP contribution is 2.36. The van der Waals surface area contributed by atoms with E-state index in [4.69, 9.17) is 21.4 Å². The van der Waals surface area contributed by atoms with E-state index in [1.807, 2.05) is 12.1 Å². The number of hydrogen-bond donors (Lipinski definition) is 1. The van der Waals surface area contributed by atoms with E-state index in [-0.39, 0.29) is 12.0 Å².